The number of carboxylic acid groups (broad SMARTS) is 1. The Balaban J connectivity index is 1.76. The first-order valence-electron chi connectivity index (χ1n) is 11.0. The van der Waals surface area contributed by atoms with Gasteiger partial charge in [0, 0.05) is 13.5 Å². The zero-order valence-corrected chi connectivity index (χ0v) is 19.5. The molecule has 38 heavy (non-hydrogen) atoms. The molecule has 0 aliphatic rings. The third-order valence-corrected chi connectivity index (χ3v) is 5.87. The van der Waals surface area contributed by atoms with E-state index in [2.05, 4.69) is 10.4 Å². The summed E-state index contributed by atoms with van der Waals surface area (Å²) in [4.78, 5) is 37.1. The van der Waals surface area contributed by atoms with Crippen molar-refractivity contribution in [3.8, 4) is 11.1 Å². The van der Waals surface area contributed by atoms with Crippen LogP contribution in [0.2, 0.25) is 0 Å². The second kappa shape index (κ2) is 10.0. The lowest BCUT2D eigenvalue weighted by molar-refractivity contribution is -0.142. The van der Waals surface area contributed by atoms with Crippen molar-refractivity contribution < 1.29 is 36.6 Å². The van der Waals surface area contributed by atoms with E-state index in [0.29, 0.717) is 27.1 Å². The average Bonchev–Trinajstić information content (AvgIpc) is 2.84. The lowest BCUT2D eigenvalue weighted by atomic mass is 9.93. The highest BCUT2D eigenvalue weighted by molar-refractivity contribution is 5.99. The number of nitrogens with one attached hydrogen (secondary N) is 1. The largest absolute Gasteiger partial charge is 0.480 e. The molecule has 7 nitrogen and oxygen atoms in total. The molecule has 2 N–H and O–H groups in total. The van der Waals surface area contributed by atoms with Crippen LogP contribution in [0.1, 0.15) is 21.6 Å². The minimum absolute atomic E-state index is 0.155. The molecule has 0 unspecified atom stereocenters. The molecule has 0 spiro atoms. The number of alkyl halides is 3. The Kier molecular flexibility index (Phi) is 6.99. The van der Waals surface area contributed by atoms with Crippen molar-refractivity contribution in [2.75, 3.05) is 0 Å². The van der Waals surface area contributed by atoms with Crippen LogP contribution in [-0.4, -0.2) is 32.8 Å². The van der Waals surface area contributed by atoms with Gasteiger partial charge in [0.15, 0.2) is 5.69 Å². The van der Waals surface area contributed by atoms with Gasteiger partial charge < -0.3 is 10.4 Å². The van der Waals surface area contributed by atoms with Crippen molar-refractivity contribution in [1.29, 1.82) is 0 Å². The van der Waals surface area contributed by atoms with Crippen LogP contribution in [0.15, 0.2) is 65.5 Å². The number of carbonyl (C=O) groups excluding carboxylic acids is 1. The molecule has 0 saturated heterocycles. The Morgan fingerprint density at radius 2 is 1.58 bits per heavy atom. The second-order valence-corrected chi connectivity index (χ2v) is 8.35. The third-order valence-electron chi connectivity index (χ3n) is 5.87. The molecule has 0 aliphatic carbocycles. The van der Waals surface area contributed by atoms with E-state index < -0.39 is 52.5 Å². The summed E-state index contributed by atoms with van der Waals surface area (Å²) in [5.74, 6) is -5.09. The fourth-order valence-electron chi connectivity index (χ4n) is 4.09. The number of carboxylic acids is 1. The third kappa shape index (κ3) is 5.10. The number of carbonyl (C=O) groups is 2. The molecule has 0 radical (unpaired) electrons. The van der Waals surface area contributed by atoms with Gasteiger partial charge in [0.1, 0.15) is 23.2 Å². The summed E-state index contributed by atoms with van der Waals surface area (Å²) in [6.45, 7) is 0. The molecule has 4 aromatic rings. The number of benzene rings is 3. The monoisotopic (exact) mass is 531 g/mol. The van der Waals surface area contributed by atoms with E-state index in [-0.39, 0.29) is 17.5 Å². The zero-order valence-electron chi connectivity index (χ0n) is 19.5. The van der Waals surface area contributed by atoms with Gasteiger partial charge in [0.05, 0.1) is 5.56 Å². The van der Waals surface area contributed by atoms with Gasteiger partial charge in [0.25, 0.3) is 11.5 Å². The quantitative estimate of drug-likeness (QED) is 0.361. The molecule has 1 heterocycles. The summed E-state index contributed by atoms with van der Waals surface area (Å²) in [6.07, 6.45) is -5.14. The van der Waals surface area contributed by atoms with Crippen LogP contribution >= 0.6 is 0 Å². The van der Waals surface area contributed by atoms with Gasteiger partial charge in [-0.2, -0.15) is 18.3 Å². The molecule has 3 aromatic carbocycles. The average molecular weight is 531 g/mol. The van der Waals surface area contributed by atoms with Crippen LogP contribution in [0, 0.1) is 11.6 Å². The summed E-state index contributed by atoms with van der Waals surface area (Å²) in [6, 6.07) is 10.9. The van der Waals surface area contributed by atoms with Crippen LogP contribution in [0.5, 0.6) is 0 Å². The Hall–Kier alpha value is -4.61. The molecule has 196 valence electrons. The van der Waals surface area contributed by atoms with Crippen molar-refractivity contribution >= 4 is 22.6 Å². The van der Waals surface area contributed by atoms with Crippen LogP contribution in [0.25, 0.3) is 21.9 Å². The van der Waals surface area contributed by atoms with Crippen molar-refractivity contribution in [3.05, 3.63) is 99.5 Å². The molecule has 12 heteroatoms. The molecule has 1 atom stereocenters. The van der Waals surface area contributed by atoms with Gasteiger partial charge in [-0.1, -0.05) is 42.5 Å². The first-order chi connectivity index (χ1) is 17.9. The number of hydrogen-bond acceptors (Lipinski definition) is 4. The maximum Gasteiger partial charge on any atom is 0.435 e. The number of nitrogens with zero attached hydrogens (tertiary/aromatic N) is 2. The summed E-state index contributed by atoms with van der Waals surface area (Å²) in [5.41, 5.74) is -2.74. The second-order valence-electron chi connectivity index (χ2n) is 8.35. The number of amides is 1. The van der Waals surface area contributed by atoms with E-state index in [1.54, 1.807) is 12.1 Å². The highest BCUT2D eigenvalue weighted by Gasteiger charge is 2.34. The maximum absolute atomic E-state index is 14.0. The SMILES string of the molecule is Cn1nc(C(F)(F)F)cc(-c2cccc3c(C[C@H](NC(=O)c4c(F)cccc4F)C(=O)O)cccc23)c1=O. The molecule has 4 rings (SSSR count). The van der Waals surface area contributed by atoms with Crippen molar-refractivity contribution in [2.45, 2.75) is 18.6 Å². The van der Waals surface area contributed by atoms with E-state index in [1.165, 1.54) is 24.3 Å². The van der Waals surface area contributed by atoms with Gasteiger partial charge in [-0.3, -0.25) is 9.59 Å². The summed E-state index contributed by atoms with van der Waals surface area (Å²) in [5, 5.41) is 15.8. The first kappa shape index (κ1) is 26.5. The summed E-state index contributed by atoms with van der Waals surface area (Å²) < 4.78 is 68.7. The number of halogens is 5. The predicted molar refractivity (Wildman–Crippen MR) is 126 cm³/mol. The maximum atomic E-state index is 14.0. The Morgan fingerprint density at radius 1 is 0.974 bits per heavy atom. The van der Waals surface area contributed by atoms with Crippen LogP contribution in [0.3, 0.4) is 0 Å². The number of aromatic nitrogens is 2. The Bertz CT molecular complexity index is 1610. The molecule has 0 aliphatic heterocycles. The fraction of sp³-hybridized carbons (Fsp3) is 0.154. The van der Waals surface area contributed by atoms with E-state index >= 15 is 0 Å². The molecule has 1 aromatic heterocycles. The van der Waals surface area contributed by atoms with Crippen LogP contribution in [-0.2, 0) is 24.4 Å². The van der Waals surface area contributed by atoms with Crippen molar-refractivity contribution in [3.63, 3.8) is 0 Å². The smallest absolute Gasteiger partial charge is 0.435 e. The minimum Gasteiger partial charge on any atom is -0.480 e. The molecule has 0 saturated carbocycles. The van der Waals surface area contributed by atoms with Gasteiger partial charge in [-0.15, -0.1) is 0 Å². The van der Waals surface area contributed by atoms with E-state index in [4.69, 9.17) is 0 Å². The van der Waals surface area contributed by atoms with E-state index in [0.717, 1.165) is 25.2 Å². The lowest BCUT2D eigenvalue weighted by Crippen LogP contribution is -2.43. The molecular weight excluding hydrogens is 513 g/mol. The van der Waals surface area contributed by atoms with Crippen molar-refractivity contribution in [2.24, 2.45) is 7.05 Å². The molecule has 0 fully saturated rings. The normalized spacial score (nSPS) is 12.4. The molecular formula is C26H18F5N3O4. The minimum atomic E-state index is -4.80. The topological polar surface area (TPSA) is 101 Å². The predicted octanol–water partition coefficient (Wildman–Crippen LogP) is 4.32. The van der Waals surface area contributed by atoms with Gasteiger partial charge >= 0.3 is 12.1 Å². The van der Waals surface area contributed by atoms with Gasteiger partial charge in [-0.25, -0.2) is 18.3 Å². The zero-order chi connectivity index (χ0) is 27.8. The highest BCUT2D eigenvalue weighted by Crippen LogP contribution is 2.33. The Morgan fingerprint density at radius 3 is 2.21 bits per heavy atom. The summed E-state index contributed by atoms with van der Waals surface area (Å²) >= 11 is 0. The van der Waals surface area contributed by atoms with Crippen molar-refractivity contribution in [1.82, 2.24) is 15.1 Å². The number of aliphatic carboxylic acids is 1. The van der Waals surface area contributed by atoms with Crippen LogP contribution in [0.4, 0.5) is 22.0 Å². The number of hydrogen-bond donors (Lipinski definition) is 2. The molecule has 1 amide bonds. The van der Waals surface area contributed by atoms with Gasteiger partial charge in [-0.05, 0) is 40.1 Å². The Labute approximate surface area is 211 Å². The van der Waals surface area contributed by atoms with E-state index in [1.807, 2.05) is 0 Å². The highest BCUT2D eigenvalue weighted by atomic mass is 19.4. The first-order valence-corrected chi connectivity index (χ1v) is 11.0. The lowest BCUT2D eigenvalue weighted by Gasteiger charge is -2.17. The molecule has 0 bridgehead atoms. The van der Waals surface area contributed by atoms with Crippen LogP contribution < -0.4 is 10.9 Å². The number of aryl methyl sites for hydroxylation is 1. The number of rotatable bonds is 6. The van der Waals surface area contributed by atoms with Gasteiger partial charge in [0.2, 0.25) is 0 Å². The fourth-order valence-corrected chi connectivity index (χ4v) is 4.09. The summed E-state index contributed by atoms with van der Waals surface area (Å²) in [7, 11) is 1.09. The number of fused-ring (bicyclic) bond motifs is 1. The standard InChI is InChI=1S/C26H18F5N3O4/c1-34-24(36)17(12-21(33-34)26(29,30)31)16-8-3-6-14-13(5-2-7-15(14)16)11-20(25(37)38)32-23(35)22-18(27)9-4-10-19(22)28/h2-10,12,20H,11H2,1H3,(H,32,35)(H,37,38)/t20-/m0/s1. The van der Waals surface area contributed by atoms with E-state index in [9.17, 15) is 41.4 Å².